The maximum Gasteiger partial charge on any atom is 0.130 e. The minimum Gasteiger partial charge on any atom is -0.393 e. The topological polar surface area (TPSA) is 23.5 Å². The number of benzene rings is 2. The maximum atomic E-state index is 13.9. The van der Waals surface area contributed by atoms with Gasteiger partial charge in [0.05, 0.1) is 6.10 Å². The molecule has 0 unspecified atom stereocenters. The molecule has 1 heterocycles. The van der Waals surface area contributed by atoms with E-state index < -0.39 is 0 Å². The molecule has 1 aliphatic heterocycles. The molecule has 25 heavy (non-hydrogen) atoms. The first-order valence-corrected chi connectivity index (χ1v) is 8.70. The van der Waals surface area contributed by atoms with E-state index in [4.69, 9.17) is 0 Å². The molecule has 1 saturated heterocycles. The average Bonchev–Trinajstić information content (AvgIpc) is 2.63. The molecule has 0 bridgehead atoms. The summed E-state index contributed by atoms with van der Waals surface area (Å²) in [5.41, 5.74) is 1.78. The molecule has 0 aliphatic carbocycles. The van der Waals surface area contributed by atoms with E-state index in [1.54, 1.807) is 12.1 Å². The molecule has 2 aromatic carbocycles. The van der Waals surface area contributed by atoms with Crippen LogP contribution in [0.2, 0.25) is 0 Å². The lowest BCUT2D eigenvalue weighted by Gasteiger charge is -2.42. The Morgan fingerprint density at radius 3 is 2.44 bits per heavy atom. The van der Waals surface area contributed by atoms with Crippen molar-refractivity contribution >= 4 is 6.08 Å². The number of hydrogen-bond acceptors (Lipinski definition) is 2. The van der Waals surface area contributed by atoms with Crippen molar-refractivity contribution in [3.8, 4) is 0 Å². The number of hydrogen-bond donors (Lipinski definition) is 1. The zero-order chi connectivity index (χ0) is 17.6. The number of piperidine rings is 1. The van der Waals surface area contributed by atoms with E-state index >= 15 is 0 Å². The highest BCUT2D eigenvalue weighted by Gasteiger charge is 2.31. The molecule has 0 radical (unpaired) electrons. The van der Waals surface area contributed by atoms with Gasteiger partial charge in [-0.3, -0.25) is 4.90 Å². The normalized spacial score (nSPS) is 24.5. The van der Waals surface area contributed by atoms with E-state index in [-0.39, 0.29) is 24.0 Å². The van der Waals surface area contributed by atoms with Crippen LogP contribution < -0.4 is 0 Å². The Kier molecular flexibility index (Phi) is 5.79. The zero-order valence-electron chi connectivity index (χ0n) is 14.3. The molecule has 0 saturated carbocycles. The Hall–Kier alpha value is -2.23. The lowest BCUT2D eigenvalue weighted by Crippen LogP contribution is -2.48. The van der Waals surface area contributed by atoms with Gasteiger partial charge in [0, 0.05) is 24.2 Å². The van der Waals surface area contributed by atoms with E-state index in [0.29, 0.717) is 18.4 Å². The van der Waals surface area contributed by atoms with Crippen molar-refractivity contribution in [1.82, 2.24) is 4.90 Å². The van der Waals surface area contributed by atoms with Crippen LogP contribution in [0, 0.1) is 5.82 Å². The molecule has 0 aromatic heterocycles. The third kappa shape index (κ3) is 4.44. The van der Waals surface area contributed by atoms with Gasteiger partial charge in [-0.05, 0) is 24.5 Å². The highest BCUT2D eigenvalue weighted by Crippen LogP contribution is 2.27. The third-order valence-electron chi connectivity index (χ3n) is 4.76. The second-order valence-electron chi connectivity index (χ2n) is 6.53. The summed E-state index contributed by atoms with van der Waals surface area (Å²) in [6.45, 7) is 4.71. The average molecular weight is 337 g/mol. The molecule has 1 N–H and O–H groups in total. The SMILES string of the molecule is C=C[C@H]1C[C@@H](O)C[C@@H](/C=C/c2ccccc2F)N1Cc1ccccc1. The summed E-state index contributed by atoms with van der Waals surface area (Å²) in [5, 5.41) is 10.2. The van der Waals surface area contributed by atoms with Gasteiger partial charge in [0.1, 0.15) is 5.82 Å². The zero-order valence-corrected chi connectivity index (χ0v) is 14.3. The van der Waals surface area contributed by atoms with Gasteiger partial charge in [-0.1, -0.05) is 66.8 Å². The summed E-state index contributed by atoms with van der Waals surface area (Å²) in [5.74, 6) is -0.231. The number of aliphatic hydroxyl groups excluding tert-OH is 1. The Balaban J connectivity index is 1.84. The van der Waals surface area contributed by atoms with Gasteiger partial charge in [0.15, 0.2) is 0 Å². The lowest BCUT2D eigenvalue weighted by molar-refractivity contribution is 0.0290. The van der Waals surface area contributed by atoms with Crippen molar-refractivity contribution in [2.75, 3.05) is 0 Å². The fourth-order valence-corrected chi connectivity index (χ4v) is 3.44. The minimum absolute atomic E-state index is 0.0339. The van der Waals surface area contributed by atoms with Crippen LogP contribution in [0.5, 0.6) is 0 Å². The first kappa shape index (κ1) is 17.6. The Morgan fingerprint density at radius 1 is 1.04 bits per heavy atom. The smallest absolute Gasteiger partial charge is 0.130 e. The fourth-order valence-electron chi connectivity index (χ4n) is 3.44. The lowest BCUT2D eigenvalue weighted by atomic mass is 9.91. The van der Waals surface area contributed by atoms with Gasteiger partial charge in [0.2, 0.25) is 0 Å². The molecule has 0 amide bonds. The van der Waals surface area contributed by atoms with Crippen molar-refractivity contribution in [1.29, 1.82) is 0 Å². The van der Waals surface area contributed by atoms with Crippen LogP contribution in [0.4, 0.5) is 4.39 Å². The second-order valence-corrected chi connectivity index (χ2v) is 6.53. The Labute approximate surface area is 148 Å². The molecule has 2 aromatic rings. The summed E-state index contributed by atoms with van der Waals surface area (Å²) < 4.78 is 13.9. The largest absolute Gasteiger partial charge is 0.393 e. The second kappa shape index (κ2) is 8.24. The highest BCUT2D eigenvalue weighted by atomic mass is 19.1. The van der Waals surface area contributed by atoms with E-state index in [0.717, 1.165) is 6.54 Å². The van der Waals surface area contributed by atoms with E-state index in [2.05, 4.69) is 23.6 Å². The summed E-state index contributed by atoms with van der Waals surface area (Å²) >= 11 is 0. The summed E-state index contributed by atoms with van der Waals surface area (Å²) in [6.07, 6.45) is 6.67. The number of aliphatic hydroxyl groups is 1. The van der Waals surface area contributed by atoms with Crippen LogP contribution in [0.1, 0.15) is 24.0 Å². The monoisotopic (exact) mass is 337 g/mol. The minimum atomic E-state index is -0.370. The standard InChI is InChI=1S/C22H24FNO/c1-2-19-14-21(25)15-20(13-12-18-10-6-7-11-22(18)23)24(19)16-17-8-4-3-5-9-17/h2-13,19-21,25H,1,14-16H2/b13-12+/t19-,20+,21+/m0/s1. The number of nitrogens with zero attached hydrogens (tertiary/aromatic N) is 1. The van der Waals surface area contributed by atoms with Crippen LogP contribution in [0.3, 0.4) is 0 Å². The summed E-state index contributed by atoms with van der Waals surface area (Å²) in [6, 6.07) is 17.1. The molecule has 1 aliphatic rings. The predicted molar refractivity (Wildman–Crippen MR) is 100 cm³/mol. The number of halogens is 1. The predicted octanol–water partition coefficient (Wildman–Crippen LogP) is 4.42. The summed E-state index contributed by atoms with van der Waals surface area (Å²) in [4.78, 5) is 2.33. The maximum absolute atomic E-state index is 13.9. The van der Waals surface area contributed by atoms with Crippen molar-refractivity contribution in [3.05, 3.63) is 90.3 Å². The van der Waals surface area contributed by atoms with Crippen molar-refractivity contribution in [3.63, 3.8) is 0 Å². The molecular weight excluding hydrogens is 313 g/mol. The first-order valence-electron chi connectivity index (χ1n) is 8.70. The number of likely N-dealkylation sites (tertiary alicyclic amines) is 1. The molecule has 1 fully saturated rings. The van der Waals surface area contributed by atoms with Crippen LogP contribution in [0.25, 0.3) is 6.08 Å². The van der Waals surface area contributed by atoms with E-state index in [1.807, 2.05) is 42.5 Å². The van der Waals surface area contributed by atoms with Crippen LogP contribution >= 0.6 is 0 Å². The van der Waals surface area contributed by atoms with Gasteiger partial charge >= 0.3 is 0 Å². The third-order valence-corrected chi connectivity index (χ3v) is 4.76. The summed E-state index contributed by atoms with van der Waals surface area (Å²) in [7, 11) is 0. The van der Waals surface area contributed by atoms with E-state index in [1.165, 1.54) is 11.6 Å². The molecule has 0 spiro atoms. The quantitative estimate of drug-likeness (QED) is 0.817. The van der Waals surface area contributed by atoms with Gasteiger partial charge < -0.3 is 5.11 Å². The highest BCUT2D eigenvalue weighted by molar-refractivity contribution is 5.50. The fraction of sp³-hybridized carbons (Fsp3) is 0.273. The molecule has 3 heteroatoms. The molecule has 3 rings (SSSR count). The van der Waals surface area contributed by atoms with E-state index in [9.17, 15) is 9.50 Å². The van der Waals surface area contributed by atoms with Crippen LogP contribution in [-0.2, 0) is 6.54 Å². The Bertz CT molecular complexity index is 728. The Morgan fingerprint density at radius 2 is 1.72 bits per heavy atom. The van der Waals surface area contributed by atoms with Crippen molar-refractivity contribution in [2.24, 2.45) is 0 Å². The molecule has 2 nitrogen and oxygen atoms in total. The van der Waals surface area contributed by atoms with Gasteiger partial charge in [-0.15, -0.1) is 6.58 Å². The van der Waals surface area contributed by atoms with Crippen LogP contribution in [-0.4, -0.2) is 28.2 Å². The van der Waals surface area contributed by atoms with Gasteiger partial charge in [-0.25, -0.2) is 4.39 Å². The first-order chi connectivity index (χ1) is 12.2. The molecular formula is C22H24FNO. The van der Waals surface area contributed by atoms with Gasteiger partial charge in [-0.2, -0.15) is 0 Å². The number of rotatable bonds is 5. The molecule has 3 atom stereocenters. The van der Waals surface area contributed by atoms with Crippen LogP contribution in [0.15, 0.2) is 73.3 Å². The van der Waals surface area contributed by atoms with Gasteiger partial charge in [0.25, 0.3) is 0 Å². The molecule has 130 valence electrons. The van der Waals surface area contributed by atoms with Crippen molar-refractivity contribution in [2.45, 2.75) is 37.6 Å². The van der Waals surface area contributed by atoms with Crippen molar-refractivity contribution < 1.29 is 9.50 Å².